The molecule has 0 aliphatic heterocycles. The number of carbonyl (C=O) groups is 1. The lowest BCUT2D eigenvalue weighted by atomic mass is 10.1. The minimum Gasteiger partial charge on any atom is -0.352 e. The Morgan fingerprint density at radius 3 is 2.75 bits per heavy atom. The molecule has 0 spiro atoms. The zero-order valence-electron chi connectivity index (χ0n) is 10.6. The van der Waals surface area contributed by atoms with Gasteiger partial charge in [0.2, 0.25) is 0 Å². The lowest BCUT2D eigenvalue weighted by Gasteiger charge is -2.05. The summed E-state index contributed by atoms with van der Waals surface area (Å²) in [6.45, 7) is 0.546. The summed E-state index contributed by atoms with van der Waals surface area (Å²) in [6, 6.07) is 13.0. The number of rotatable bonds is 4. The molecule has 0 aliphatic carbocycles. The molecule has 0 unspecified atom stereocenters. The van der Waals surface area contributed by atoms with Crippen LogP contribution in [0.15, 0.2) is 47.1 Å². The molecule has 0 saturated heterocycles. The number of benzene rings is 1. The van der Waals surface area contributed by atoms with E-state index in [9.17, 15) is 4.79 Å². The highest BCUT2D eigenvalue weighted by molar-refractivity contribution is 9.10. The van der Waals surface area contributed by atoms with Crippen molar-refractivity contribution < 1.29 is 4.79 Å². The summed E-state index contributed by atoms with van der Waals surface area (Å²) in [5, 5.41) is 11.6. The minimum atomic E-state index is -0.194. The van der Waals surface area contributed by atoms with Crippen molar-refractivity contribution in [1.82, 2.24) is 10.3 Å². The Balaban J connectivity index is 1.89. The normalized spacial score (nSPS) is 9.80. The van der Waals surface area contributed by atoms with E-state index in [2.05, 4.69) is 26.2 Å². The molecule has 1 aromatic carbocycles. The summed E-state index contributed by atoms with van der Waals surface area (Å²) in [5.74, 6) is -0.194. The Morgan fingerprint density at radius 2 is 2.05 bits per heavy atom. The average molecular weight is 330 g/mol. The first-order valence-corrected chi connectivity index (χ1v) is 6.87. The number of hydrogen-bond donors (Lipinski definition) is 1. The van der Waals surface area contributed by atoms with Crippen LogP contribution in [0.3, 0.4) is 0 Å². The highest BCUT2D eigenvalue weighted by Crippen LogP contribution is 2.10. The lowest BCUT2D eigenvalue weighted by molar-refractivity contribution is 0.0954. The molecule has 2 rings (SSSR count). The van der Waals surface area contributed by atoms with Gasteiger partial charge in [-0.2, -0.15) is 5.26 Å². The zero-order chi connectivity index (χ0) is 14.4. The predicted molar refractivity (Wildman–Crippen MR) is 79.1 cm³/mol. The Kier molecular flexibility index (Phi) is 4.85. The topological polar surface area (TPSA) is 65.8 Å². The molecule has 20 heavy (non-hydrogen) atoms. The molecule has 0 aliphatic rings. The maximum Gasteiger partial charge on any atom is 0.251 e. The predicted octanol–water partition coefficient (Wildman–Crippen LogP) is 2.69. The maximum atomic E-state index is 11.9. The molecular weight excluding hydrogens is 318 g/mol. The molecule has 100 valence electrons. The third-order valence-corrected chi connectivity index (χ3v) is 3.28. The average Bonchev–Trinajstić information content (AvgIpc) is 2.49. The van der Waals surface area contributed by atoms with Crippen LogP contribution in [0.5, 0.6) is 0 Å². The Bertz CT molecular complexity index is 647. The molecule has 2 aromatic rings. The van der Waals surface area contributed by atoms with Crippen molar-refractivity contribution in [3.63, 3.8) is 0 Å². The third-order valence-electron chi connectivity index (χ3n) is 2.75. The molecule has 1 heterocycles. The van der Waals surface area contributed by atoms with Gasteiger partial charge in [0, 0.05) is 22.8 Å². The highest BCUT2D eigenvalue weighted by Gasteiger charge is 2.06. The first-order valence-electron chi connectivity index (χ1n) is 6.08. The monoisotopic (exact) mass is 329 g/mol. The van der Waals surface area contributed by atoms with Crippen LogP contribution in [-0.2, 0) is 6.42 Å². The van der Waals surface area contributed by atoms with Gasteiger partial charge >= 0.3 is 0 Å². The van der Waals surface area contributed by atoms with Crippen molar-refractivity contribution in [3.8, 4) is 6.07 Å². The van der Waals surface area contributed by atoms with E-state index in [4.69, 9.17) is 5.26 Å². The van der Waals surface area contributed by atoms with E-state index in [-0.39, 0.29) is 11.6 Å². The molecule has 4 nitrogen and oxygen atoms in total. The fourth-order valence-electron chi connectivity index (χ4n) is 1.71. The van der Waals surface area contributed by atoms with E-state index >= 15 is 0 Å². The van der Waals surface area contributed by atoms with Gasteiger partial charge in [-0.1, -0.05) is 28.1 Å². The van der Waals surface area contributed by atoms with Crippen LogP contribution >= 0.6 is 15.9 Å². The number of aromatic nitrogens is 1. The standard InChI is InChI=1S/C15H12BrN3O/c16-13-3-1-11(2-4-13)5-7-19-15(20)12-6-8-18-14(9-12)10-17/h1-4,6,8-9H,5,7H2,(H,19,20). The number of pyridine rings is 1. The molecule has 0 bridgehead atoms. The fourth-order valence-corrected chi connectivity index (χ4v) is 1.97. The highest BCUT2D eigenvalue weighted by atomic mass is 79.9. The summed E-state index contributed by atoms with van der Waals surface area (Å²) in [4.78, 5) is 15.7. The van der Waals surface area contributed by atoms with Gasteiger partial charge in [-0.25, -0.2) is 4.98 Å². The largest absolute Gasteiger partial charge is 0.352 e. The second kappa shape index (κ2) is 6.83. The summed E-state index contributed by atoms with van der Waals surface area (Å²) < 4.78 is 1.03. The van der Waals surface area contributed by atoms with Gasteiger partial charge in [-0.3, -0.25) is 4.79 Å². The maximum absolute atomic E-state index is 11.9. The van der Waals surface area contributed by atoms with Crippen LogP contribution in [0.2, 0.25) is 0 Å². The molecular formula is C15H12BrN3O. The Hall–Kier alpha value is -2.19. The summed E-state index contributed by atoms with van der Waals surface area (Å²) in [7, 11) is 0. The first kappa shape index (κ1) is 14.2. The number of nitrogens with one attached hydrogen (secondary N) is 1. The second-order valence-electron chi connectivity index (χ2n) is 4.17. The molecule has 1 aromatic heterocycles. The van der Waals surface area contributed by atoms with Gasteiger partial charge in [0.1, 0.15) is 11.8 Å². The molecule has 1 amide bonds. The van der Waals surface area contributed by atoms with Gasteiger partial charge in [0.05, 0.1) is 0 Å². The number of carbonyl (C=O) groups excluding carboxylic acids is 1. The zero-order valence-corrected chi connectivity index (χ0v) is 12.2. The van der Waals surface area contributed by atoms with Crippen molar-refractivity contribution in [2.75, 3.05) is 6.54 Å². The third kappa shape index (κ3) is 3.90. The van der Waals surface area contributed by atoms with Crippen LogP contribution in [0.25, 0.3) is 0 Å². The fraction of sp³-hybridized carbons (Fsp3) is 0.133. The Morgan fingerprint density at radius 1 is 1.30 bits per heavy atom. The summed E-state index contributed by atoms with van der Waals surface area (Å²) in [5.41, 5.74) is 1.85. The van der Waals surface area contributed by atoms with E-state index < -0.39 is 0 Å². The Labute approximate surface area is 125 Å². The first-order chi connectivity index (χ1) is 9.69. The van der Waals surface area contributed by atoms with E-state index in [1.165, 1.54) is 12.3 Å². The number of halogens is 1. The van der Waals surface area contributed by atoms with Gasteiger partial charge < -0.3 is 5.32 Å². The SMILES string of the molecule is N#Cc1cc(C(=O)NCCc2ccc(Br)cc2)ccn1. The lowest BCUT2D eigenvalue weighted by Crippen LogP contribution is -2.25. The van der Waals surface area contributed by atoms with Crippen LogP contribution in [0.4, 0.5) is 0 Å². The number of hydrogen-bond acceptors (Lipinski definition) is 3. The summed E-state index contributed by atoms with van der Waals surface area (Å²) >= 11 is 3.38. The van der Waals surface area contributed by atoms with E-state index in [1.807, 2.05) is 30.3 Å². The number of nitrogens with zero attached hydrogens (tertiary/aromatic N) is 2. The van der Waals surface area contributed by atoms with E-state index in [0.717, 1.165) is 16.5 Å². The van der Waals surface area contributed by atoms with Crippen LogP contribution in [0, 0.1) is 11.3 Å². The van der Waals surface area contributed by atoms with Crippen molar-refractivity contribution >= 4 is 21.8 Å². The van der Waals surface area contributed by atoms with Gasteiger partial charge in [-0.05, 0) is 36.2 Å². The van der Waals surface area contributed by atoms with Crippen molar-refractivity contribution in [2.24, 2.45) is 0 Å². The number of amides is 1. The van der Waals surface area contributed by atoms with Crippen molar-refractivity contribution in [2.45, 2.75) is 6.42 Å². The molecule has 1 N–H and O–H groups in total. The molecule has 0 saturated carbocycles. The van der Waals surface area contributed by atoms with E-state index in [1.54, 1.807) is 6.07 Å². The quantitative estimate of drug-likeness (QED) is 0.937. The van der Waals surface area contributed by atoms with Crippen LogP contribution < -0.4 is 5.32 Å². The molecule has 0 atom stereocenters. The number of nitriles is 1. The van der Waals surface area contributed by atoms with E-state index in [0.29, 0.717) is 12.1 Å². The van der Waals surface area contributed by atoms with Crippen LogP contribution in [-0.4, -0.2) is 17.4 Å². The second-order valence-corrected chi connectivity index (χ2v) is 5.09. The van der Waals surface area contributed by atoms with Crippen LogP contribution in [0.1, 0.15) is 21.6 Å². The summed E-state index contributed by atoms with van der Waals surface area (Å²) in [6.07, 6.45) is 2.22. The van der Waals surface area contributed by atoms with Gasteiger partial charge in [0.25, 0.3) is 5.91 Å². The van der Waals surface area contributed by atoms with Gasteiger partial charge in [-0.15, -0.1) is 0 Å². The smallest absolute Gasteiger partial charge is 0.251 e. The van der Waals surface area contributed by atoms with Gasteiger partial charge in [0.15, 0.2) is 0 Å². The molecule has 5 heteroatoms. The van der Waals surface area contributed by atoms with Crippen molar-refractivity contribution in [3.05, 3.63) is 63.9 Å². The molecule has 0 fully saturated rings. The molecule has 0 radical (unpaired) electrons. The van der Waals surface area contributed by atoms with Crippen molar-refractivity contribution in [1.29, 1.82) is 5.26 Å². The minimum absolute atomic E-state index is 0.194.